The molecule has 0 atom stereocenters. The first kappa shape index (κ1) is 16.6. The zero-order valence-corrected chi connectivity index (χ0v) is 13.3. The lowest BCUT2D eigenvalue weighted by Gasteiger charge is -2.22. The Balaban J connectivity index is 1.81. The fourth-order valence-electron chi connectivity index (χ4n) is 2.72. The van der Waals surface area contributed by atoms with Crippen LogP contribution < -0.4 is 15.4 Å². The summed E-state index contributed by atoms with van der Waals surface area (Å²) in [6.07, 6.45) is -0.233. The second-order valence-electron chi connectivity index (χ2n) is 5.56. The summed E-state index contributed by atoms with van der Waals surface area (Å²) in [6.45, 7) is -0.119. The van der Waals surface area contributed by atoms with E-state index in [9.17, 15) is 14.7 Å². The van der Waals surface area contributed by atoms with Gasteiger partial charge in [0.25, 0.3) is 5.91 Å². The first-order valence-electron chi connectivity index (χ1n) is 7.73. The minimum absolute atomic E-state index is 0.0669. The molecule has 2 amide bonds. The topological polar surface area (TPSA) is 108 Å². The summed E-state index contributed by atoms with van der Waals surface area (Å²) in [5, 5.41) is 24.0. The molecular formula is C18H17N2O5. The van der Waals surface area contributed by atoms with Crippen molar-refractivity contribution >= 4 is 17.7 Å². The zero-order chi connectivity index (χ0) is 17.8. The molecule has 0 unspecified atom stereocenters. The van der Waals surface area contributed by atoms with Gasteiger partial charge in [-0.3, -0.25) is 4.79 Å². The quantitative estimate of drug-likeness (QED) is 0.625. The highest BCUT2D eigenvalue weighted by Gasteiger charge is 2.23. The van der Waals surface area contributed by atoms with Crippen molar-refractivity contribution < 1.29 is 24.5 Å². The van der Waals surface area contributed by atoms with Gasteiger partial charge in [-0.25, -0.2) is 4.79 Å². The maximum Gasteiger partial charge on any atom is 0.405 e. The summed E-state index contributed by atoms with van der Waals surface area (Å²) in [6, 6.07) is 12.9. The van der Waals surface area contributed by atoms with E-state index in [1.54, 1.807) is 6.07 Å². The summed E-state index contributed by atoms with van der Waals surface area (Å²) in [7, 11) is 0. The Morgan fingerprint density at radius 2 is 1.96 bits per heavy atom. The predicted molar refractivity (Wildman–Crippen MR) is 90.5 cm³/mol. The van der Waals surface area contributed by atoms with Gasteiger partial charge in [-0.1, -0.05) is 36.4 Å². The lowest BCUT2D eigenvalue weighted by atomic mass is 9.98. The number of carbonyl (C=O) groups excluding carboxylic acids is 1. The third kappa shape index (κ3) is 3.82. The van der Waals surface area contributed by atoms with Gasteiger partial charge in [-0.15, -0.1) is 0 Å². The molecular weight excluding hydrogens is 324 g/mol. The number of benzene rings is 2. The molecule has 4 N–H and O–H groups in total. The van der Waals surface area contributed by atoms with Gasteiger partial charge >= 0.3 is 6.09 Å². The molecule has 0 fully saturated rings. The minimum Gasteiger partial charge on any atom is -0.506 e. The average Bonchev–Trinajstić information content (AvgIpc) is 2.61. The van der Waals surface area contributed by atoms with Crippen LogP contribution in [0.3, 0.4) is 0 Å². The zero-order valence-electron chi connectivity index (χ0n) is 13.3. The van der Waals surface area contributed by atoms with Crippen LogP contribution in [0.2, 0.25) is 0 Å². The van der Waals surface area contributed by atoms with Gasteiger partial charge in [-0.05, 0) is 30.0 Å². The van der Waals surface area contributed by atoms with Crippen molar-refractivity contribution in [2.24, 2.45) is 0 Å². The van der Waals surface area contributed by atoms with Crippen LogP contribution in [0.4, 0.5) is 10.5 Å². The first-order valence-corrected chi connectivity index (χ1v) is 7.73. The summed E-state index contributed by atoms with van der Waals surface area (Å²) in [4.78, 5) is 22.5. The van der Waals surface area contributed by atoms with Crippen LogP contribution in [0.25, 0.3) is 0 Å². The first-order chi connectivity index (χ1) is 12.0. The Morgan fingerprint density at radius 1 is 1.20 bits per heavy atom. The summed E-state index contributed by atoms with van der Waals surface area (Å²) in [5.41, 5.74) is 1.81. The van der Waals surface area contributed by atoms with Crippen molar-refractivity contribution in [3.05, 3.63) is 59.6 Å². The molecule has 7 nitrogen and oxygen atoms in total. The highest BCUT2D eigenvalue weighted by atomic mass is 16.5. The largest absolute Gasteiger partial charge is 0.506 e. The molecule has 3 rings (SSSR count). The van der Waals surface area contributed by atoms with Crippen molar-refractivity contribution in [2.75, 3.05) is 11.9 Å². The molecule has 7 heteroatoms. The van der Waals surface area contributed by atoms with Gasteiger partial charge in [0.05, 0.1) is 6.04 Å². The normalized spacial score (nSPS) is 12.9. The van der Waals surface area contributed by atoms with E-state index in [2.05, 4.69) is 10.6 Å². The SMILES string of the molecule is O=C(O)N[C](CCc1ccc(O)c2c1OCC(=O)N2)c1ccccc1. The summed E-state index contributed by atoms with van der Waals surface area (Å²) >= 11 is 0. The smallest absolute Gasteiger partial charge is 0.405 e. The number of carboxylic acid groups (broad SMARTS) is 1. The van der Waals surface area contributed by atoms with Crippen molar-refractivity contribution in [3.63, 3.8) is 0 Å². The standard InChI is InChI=1S/C18H17N2O5/c21-14-9-7-12(17-16(14)20-15(22)10-25-17)6-8-13(19-18(23)24)11-4-2-1-3-5-11/h1-5,7,9,19,21H,6,8,10H2,(H,20,22)(H,23,24). The Bertz CT molecular complexity index is 792. The van der Waals surface area contributed by atoms with Crippen molar-refractivity contribution in [3.8, 4) is 11.5 Å². The number of rotatable bonds is 5. The molecule has 2 aromatic rings. The number of amides is 2. The molecule has 0 saturated heterocycles. The van der Waals surface area contributed by atoms with E-state index >= 15 is 0 Å². The summed E-state index contributed by atoms with van der Waals surface area (Å²) in [5.74, 6) is 0.0223. The molecule has 0 aliphatic carbocycles. The molecule has 1 aliphatic rings. The second kappa shape index (κ2) is 7.12. The maximum absolute atomic E-state index is 11.4. The number of hydrogen-bond donors (Lipinski definition) is 4. The maximum atomic E-state index is 11.4. The van der Waals surface area contributed by atoms with Gasteiger partial charge in [0.2, 0.25) is 0 Å². The lowest BCUT2D eigenvalue weighted by molar-refractivity contribution is -0.118. The molecule has 0 aromatic heterocycles. The van der Waals surface area contributed by atoms with E-state index in [4.69, 9.17) is 9.84 Å². The van der Waals surface area contributed by atoms with Crippen LogP contribution in [-0.2, 0) is 11.2 Å². The second-order valence-corrected chi connectivity index (χ2v) is 5.56. The highest BCUT2D eigenvalue weighted by molar-refractivity contribution is 5.97. The van der Waals surface area contributed by atoms with Crippen LogP contribution in [-0.4, -0.2) is 28.8 Å². The van der Waals surface area contributed by atoms with Gasteiger partial charge in [0.15, 0.2) is 12.4 Å². The van der Waals surface area contributed by atoms with Crippen LogP contribution >= 0.6 is 0 Å². The van der Waals surface area contributed by atoms with Crippen LogP contribution in [0.5, 0.6) is 11.5 Å². The molecule has 1 heterocycles. The molecule has 0 saturated carbocycles. The van der Waals surface area contributed by atoms with E-state index in [1.165, 1.54) is 6.07 Å². The molecule has 0 bridgehead atoms. The van der Waals surface area contributed by atoms with E-state index in [-0.39, 0.29) is 24.0 Å². The van der Waals surface area contributed by atoms with Gasteiger partial charge in [0, 0.05) is 0 Å². The van der Waals surface area contributed by atoms with E-state index in [0.717, 1.165) is 11.1 Å². The fourth-order valence-corrected chi connectivity index (χ4v) is 2.72. The molecule has 129 valence electrons. The van der Waals surface area contributed by atoms with Gasteiger partial charge in [0.1, 0.15) is 11.4 Å². The van der Waals surface area contributed by atoms with Crippen LogP contribution in [0.1, 0.15) is 17.5 Å². The van der Waals surface area contributed by atoms with Gasteiger partial charge in [-0.2, -0.15) is 0 Å². The monoisotopic (exact) mass is 341 g/mol. The summed E-state index contributed by atoms with van der Waals surface area (Å²) < 4.78 is 5.45. The van der Waals surface area contributed by atoms with Gasteiger partial charge < -0.3 is 25.6 Å². The number of ether oxygens (including phenoxy) is 1. The van der Waals surface area contributed by atoms with E-state index in [0.29, 0.717) is 24.6 Å². The Kier molecular flexibility index (Phi) is 4.74. The number of anilines is 1. The fraction of sp³-hybridized carbons (Fsp3) is 0.167. The van der Waals surface area contributed by atoms with Crippen molar-refractivity contribution in [1.82, 2.24) is 5.32 Å². The lowest BCUT2D eigenvalue weighted by Crippen LogP contribution is -2.28. The van der Waals surface area contributed by atoms with Crippen LogP contribution in [0.15, 0.2) is 42.5 Å². The van der Waals surface area contributed by atoms with Crippen molar-refractivity contribution in [2.45, 2.75) is 12.8 Å². The average molecular weight is 341 g/mol. The molecule has 2 aromatic carbocycles. The third-order valence-electron chi connectivity index (χ3n) is 3.85. The molecule has 25 heavy (non-hydrogen) atoms. The van der Waals surface area contributed by atoms with Crippen LogP contribution in [0, 0.1) is 6.04 Å². The number of fused-ring (bicyclic) bond motifs is 1. The number of phenols is 1. The van der Waals surface area contributed by atoms with Crippen molar-refractivity contribution in [1.29, 1.82) is 0 Å². The number of aryl methyl sites for hydroxylation is 1. The predicted octanol–water partition coefficient (Wildman–Crippen LogP) is 2.50. The number of hydrogen-bond acceptors (Lipinski definition) is 4. The number of aromatic hydroxyl groups is 1. The highest BCUT2D eigenvalue weighted by Crippen LogP contribution is 2.40. The minimum atomic E-state index is -1.13. The third-order valence-corrected chi connectivity index (χ3v) is 3.85. The molecule has 1 radical (unpaired) electrons. The molecule has 1 aliphatic heterocycles. The Labute approximate surface area is 144 Å². The Morgan fingerprint density at radius 3 is 2.68 bits per heavy atom. The number of carbonyl (C=O) groups is 2. The number of nitrogens with one attached hydrogen (secondary N) is 2. The van der Waals surface area contributed by atoms with E-state index in [1.807, 2.05) is 30.3 Å². The number of phenolic OH excluding ortho intramolecular Hbond substituents is 1. The van der Waals surface area contributed by atoms with E-state index < -0.39 is 6.09 Å². The molecule has 0 spiro atoms. The Hall–Kier alpha value is -3.22.